The number of hydrazine groups is 1. The van der Waals surface area contributed by atoms with E-state index in [4.69, 9.17) is 11.6 Å². The minimum Gasteiger partial charge on any atom is -0.247 e. The van der Waals surface area contributed by atoms with Gasteiger partial charge in [0.25, 0.3) is 0 Å². The molecule has 1 aromatic carbocycles. The van der Waals surface area contributed by atoms with E-state index in [1.54, 1.807) is 0 Å². The molecule has 3 unspecified atom stereocenters. The predicted octanol–water partition coefficient (Wildman–Crippen LogP) is 4.64. The Labute approximate surface area is 131 Å². The van der Waals surface area contributed by atoms with Crippen LogP contribution < -0.4 is 5.43 Å². The summed E-state index contributed by atoms with van der Waals surface area (Å²) in [6.45, 7) is 4.66. The third-order valence-electron chi connectivity index (χ3n) is 4.51. The molecule has 0 saturated carbocycles. The summed E-state index contributed by atoms with van der Waals surface area (Å²) in [6.07, 6.45) is 5.11. The predicted molar refractivity (Wildman–Crippen MR) is 87.3 cm³/mol. The quantitative estimate of drug-likeness (QED) is 0.856. The smallest absolute Gasteiger partial charge is 0.0484 e. The second-order valence-electron chi connectivity index (χ2n) is 6.04. The molecule has 0 bridgehead atoms. The van der Waals surface area contributed by atoms with Crippen LogP contribution in [0, 0.1) is 0 Å². The Hall–Kier alpha value is -0.220. The van der Waals surface area contributed by atoms with Crippen LogP contribution in [0.25, 0.3) is 0 Å². The highest BCUT2D eigenvalue weighted by atomic mass is 35.5. The largest absolute Gasteiger partial charge is 0.247 e. The lowest BCUT2D eigenvalue weighted by Gasteiger charge is -2.42. The lowest BCUT2D eigenvalue weighted by molar-refractivity contribution is 0.0278. The third kappa shape index (κ3) is 3.01. The van der Waals surface area contributed by atoms with Gasteiger partial charge in [0.05, 0.1) is 0 Å². The SMILES string of the molecule is CC1CCCC(C)N1NC1CCSc2ccc(Cl)cc21. The molecule has 2 aliphatic rings. The van der Waals surface area contributed by atoms with Gasteiger partial charge in [0.1, 0.15) is 0 Å². The Bertz CT molecular complexity index is 470. The molecule has 1 aromatic rings. The van der Waals surface area contributed by atoms with Crippen LogP contribution in [0.5, 0.6) is 0 Å². The van der Waals surface area contributed by atoms with Crippen molar-refractivity contribution in [3.05, 3.63) is 28.8 Å². The van der Waals surface area contributed by atoms with E-state index in [0.717, 1.165) is 5.02 Å². The first-order valence-corrected chi connectivity index (χ1v) is 8.98. The minimum absolute atomic E-state index is 0.410. The molecule has 0 aliphatic carbocycles. The molecule has 0 radical (unpaired) electrons. The Balaban J connectivity index is 1.80. The highest BCUT2D eigenvalue weighted by Gasteiger charge is 2.29. The third-order valence-corrected chi connectivity index (χ3v) is 5.87. The van der Waals surface area contributed by atoms with Gasteiger partial charge in [0, 0.05) is 28.0 Å². The van der Waals surface area contributed by atoms with Crippen molar-refractivity contribution in [2.24, 2.45) is 0 Å². The number of hydrogen-bond acceptors (Lipinski definition) is 3. The van der Waals surface area contributed by atoms with Gasteiger partial charge in [-0.1, -0.05) is 18.0 Å². The first-order chi connectivity index (χ1) is 9.65. The van der Waals surface area contributed by atoms with Crippen molar-refractivity contribution in [3.63, 3.8) is 0 Å². The molecule has 1 saturated heterocycles. The van der Waals surface area contributed by atoms with Crippen LogP contribution in [-0.4, -0.2) is 22.8 Å². The van der Waals surface area contributed by atoms with Gasteiger partial charge in [-0.25, -0.2) is 10.4 Å². The van der Waals surface area contributed by atoms with Crippen LogP contribution in [-0.2, 0) is 0 Å². The lowest BCUT2D eigenvalue weighted by Crippen LogP contribution is -2.53. The van der Waals surface area contributed by atoms with Crippen LogP contribution in [0.15, 0.2) is 23.1 Å². The van der Waals surface area contributed by atoms with E-state index in [0.29, 0.717) is 18.1 Å². The summed E-state index contributed by atoms with van der Waals surface area (Å²) in [5.74, 6) is 1.18. The van der Waals surface area contributed by atoms with Gasteiger partial charge in [-0.3, -0.25) is 0 Å². The molecule has 1 N–H and O–H groups in total. The number of rotatable bonds is 2. The van der Waals surface area contributed by atoms with Gasteiger partial charge in [-0.05, 0) is 62.6 Å². The molecule has 2 heterocycles. The van der Waals surface area contributed by atoms with E-state index in [-0.39, 0.29) is 0 Å². The standard InChI is InChI=1S/C16H23ClN2S/c1-11-4-3-5-12(2)19(11)18-15-8-9-20-16-7-6-13(17)10-14(15)16/h6-7,10-12,15,18H,3-5,8-9H2,1-2H3. The summed E-state index contributed by atoms with van der Waals surface area (Å²) in [4.78, 5) is 1.38. The molecule has 3 atom stereocenters. The molecular formula is C16H23ClN2S. The number of nitrogens with zero attached hydrogens (tertiary/aromatic N) is 1. The number of nitrogens with one attached hydrogen (secondary N) is 1. The number of fused-ring (bicyclic) bond motifs is 1. The molecule has 1 fully saturated rings. The van der Waals surface area contributed by atoms with E-state index in [1.165, 1.54) is 41.9 Å². The Morgan fingerprint density at radius 3 is 2.70 bits per heavy atom. The number of hydrogen-bond donors (Lipinski definition) is 1. The van der Waals surface area contributed by atoms with E-state index in [2.05, 4.69) is 36.4 Å². The summed E-state index contributed by atoms with van der Waals surface area (Å²) in [5.41, 5.74) is 5.18. The number of benzene rings is 1. The zero-order valence-corrected chi connectivity index (χ0v) is 13.8. The number of piperidine rings is 1. The van der Waals surface area contributed by atoms with E-state index >= 15 is 0 Å². The molecule has 20 heavy (non-hydrogen) atoms. The van der Waals surface area contributed by atoms with Crippen molar-refractivity contribution < 1.29 is 0 Å². The van der Waals surface area contributed by atoms with Crippen molar-refractivity contribution in [2.45, 2.75) is 62.6 Å². The summed E-state index contributed by atoms with van der Waals surface area (Å²) in [5, 5.41) is 3.33. The van der Waals surface area contributed by atoms with E-state index in [1.807, 2.05) is 17.8 Å². The van der Waals surface area contributed by atoms with Crippen molar-refractivity contribution in [1.29, 1.82) is 0 Å². The van der Waals surface area contributed by atoms with Crippen LogP contribution in [0.3, 0.4) is 0 Å². The Kier molecular flexibility index (Phi) is 4.61. The van der Waals surface area contributed by atoms with Crippen molar-refractivity contribution in [1.82, 2.24) is 10.4 Å². The molecule has 0 aromatic heterocycles. The van der Waals surface area contributed by atoms with Crippen LogP contribution >= 0.6 is 23.4 Å². The second kappa shape index (κ2) is 6.27. The van der Waals surface area contributed by atoms with Gasteiger partial charge in [0.15, 0.2) is 0 Å². The molecule has 2 nitrogen and oxygen atoms in total. The Morgan fingerprint density at radius 1 is 1.20 bits per heavy atom. The zero-order valence-electron chi connectivity index (χ0n) is 12.2. The molecule has 0 spiro atoms. The first kappa shape index (κ1) is 14.7. The molecule has 2 aliphatic heterocycles. The zero-order chi connectivity index (χ0) is 14.1. The van der Waals surface area contributed by atoms with Gasteiger partial charge >= 0.3 is 0 Å². The molecular weight excluding hydrogens is 288 g/mol. The molecule has 110 valence electrons. The summed E-state index contributed by atoms with van der Waals surface area (Å²) >= 11 is 8.14. The van der Waals surface area contributed by atoms with Crippen molar-refractivity contribution in [3.8, 4) is 0 Å². The normalized spacial score (nSPS) is 31.1. The maximum Gasteiger partial charge on any atom is 0.0484 e. The highest BCUT2D eigenvalue weighted by molar-refractivity contribution is 7.99. The first-order valence-electron chi connectivity index (χ1n) is 7.62. The van der Waals surface area contributed by atoms with Crippen molar-refractivity contribution >= 4 is 23.4 Å². The van der Waals surface area contributed by atoms with Crippen LogP contribution in [0.1, 0.15) is 51.1 Å². The highest BCUT2D eigenvalue weighted by Crippen LogP contribution is 2.38. The fourth-order valence-electron chi connectivity index (χ4n) is 3.36. The lowest BCUT2D eigenvalue weighted by atomic mass is 9.99. The minimum atomic E-state index is 0.410. The summed E-state index contributed by atoms with van der Waals surface area (Å²) in [6, 6.07) is 7.96. The maximum absolute atomic E-state index is 6.19. The fourth-order valence-corrected chi connectivity index (χ4v) is 4.64. The number of thioether (sulfide) groups is 1. The summed E-state index contributed by atoms with van der Waals surface area (Å²) in [7, 11) is 0. The van der Waals surface area contributed by atoms with Crippen LogP contribution in [0.2, 0.25) is 5.02 Å². The van der Waals surface area contributed by atoms with E-state index in [9.17, 15) is 0 Å². The Morgan fingerprint density at radius 2 is 1.95 bits per heavy atom. The maximum atomic E-state index is 6.19. The average molecular weight is 311 g/mol. The van der Waals surface area contributed by atoms with Crippen molar-refractivity contribution in [2.75, 3.05) is 5.75 Å². The molecule has 0 amide bonds. The van der Waals surface area contributed by atoms with Gasteiger partial charge in [-0.2, -0.15) is 0 Å². The van der Waals surface area contributed by atoms with Gasteiger partial charge in [-0.15, -0.1) is 11.8 Å². The van der Waals surface area contributed by atoms with Gasteiger partial charge in [0.2, 0.25) is 0 Å². The molecule has 3 rings (SSSR count). The number of halogens is 1. The topological polar surface area (TPSA) is 15.3 Å². The monoisotopic (exact) mass is 310 g/mol. The summed E-state index contributed by atoms with van der Waals surface area (Å²) < 4.78 is 0. The average Bonchev–Trinajstić information content (AvgIpc) is 2.43. The fraction of sp³-hybridized carbons (Fsp3) is 0.625. The second-order valence-corrected chi connectivity index (χ2v) is 7.61. The van der Waals surface area contributed by atoms with Gasteiger partial charge < -0.3 is 0 Å². The van der Waals surface area contributed by atoms with E-state index < -0.39 is 0 Å². The van der Waals surface area contributed by atoms with Crippen LogP contribution in [0.4, 0.5) is 0 Å². The molecule has 4 heteroatoms.